The highest BCUT2D eigenvalue weighted by Crippen LogP contribution is 2.12. The van der Waals surface area contributed by atoms with Crippen molar-refractivity contribution in [2.75, 3.05) is 37.0 Å². The minimum absolute atomic E-state index is 0.0494. The fraction of sp³-hybridized carbons (Fsp3) is 0.400. The quantitative estimate of drug-likeness (QED) is 0.621. The number of carbonyl (C=O) groups excluding carboxylic acids is 1. The molecule has 4 N–H and O–H groups in total. The number of nitrogens with zero attached hydrogens (tertiary/aromatic N) is 2. The first-order valence-electron chi connectivity index (χ1n) is 4.95. The van der Waals surface area contributed by atoms with Crippen LogP contribution in [0.15, 0.2) is 18.3 Å². The van der Waals surface area contributed by atoms with Gasteiger partial charge in [0.2, 0.25) is 5.91 Å². The molecular formula is C10H16N4O2. The molecule has 6 nitrogen and oxygen atoms in total. The zero-order valence-electron chi connectivity index (χ0n) is 9.18. The average Bonchev–Trinajstić information content (AvgIpc) is 2.30. The van der Waals surface area contributed by atoms with Crippen LogP contribution in [0.2, 0.25) is 0 Å². The van der Waals surface area contributed by atoms with E-state index in [1.807, 2.05) is 11.9 Å². The van der Waals surface area contributed by atoms with Gasteiger partial charge in [0.1, 0.15) is 5.82 Å². The molecule has 1 rings (SSSR count). The van der Waals surface area contributed by atoms with Gasteiger partial charge in [0, 0.05) is 13.6 Å². The van der Waals surface area contributed by atoms with E-state index in [4.69, 9.17) is 10.8 Å². The second-order valence-electron chi connectivity index (χ2n) is 3.30. The number of amides is 1. The third-order valence-electron chi connectivity index (χ3n) is 2.04. The molecular weight excluding hydrogens is 208 g/mol. The van der Waals surface area contributed by atoms with Crippen LogP contribution in [0.25, 0.3) is 0 Å². The number of aromatic nitrogens is 1. The van der Waals surface area contributed by atoms with Crippen molar-refractivity contribution >= 4 is 17.4 Å². The maximum Gasteiger partial charge on any atom is 0.238 e. The van der Waals surface area contributed by atoms with Gasteiger partial charge in [-0.1, -0.05) is 0 Å². The van der Waals surface area contributed by atoms with Crippen molar-refractivity contribution in [1.82, 2.24) is 4.98 Å². The zero-order chi connectivity index (χ0) is 12.0. The number of pyridine rings is 1. The van der Waals surface area contributed by atoms with Crippen LogP contribution in [-0.2, 0) is 4.79 Å². The fourth-order valence-electron chi connectivity index (χ4n) is 1.16. The lowest BCUT2D eigenvalue weighted by molar-refractivity contribution is -0.114. The number of nitrogens with two attached hydrogens (primary N) is 1. The van der Waals surface area contributed by atoms with E-state index >= 15 is 0 Å². The molecule has 0 aromatic carbocycles. The Balaban J connectivity index is 2.64. The molecule has 0 aliphatic rings. The Morgan fingerprint density at radius 3 is 2.88 bits per heavy atom. The van der Waals surface area contributed by atoms with E-state index in [-0.39, 0.29) is 19.1 Å². The number of anilines is 2. The van der Waals surface area contributed by atoms with E-state index in [0.29, 0.717) is 12.2 Å². The van der Waals surface area contributed by atoms with Crippen molar-refractivity contribution in [3.63, 3.8) is 0 Å². The van der Waals surface area contributed by atoms with Crippen LogP contribution in [0.1, 0.15) is 0 Å². The lowest BCUT2D eigenvalue weighted by Crippen LogP contribution is -2.23. The normalized spacial score (nSPS) is 9.94. The van der Waals surface area contributed by atoms with E-state index in [2.05, 4.69) is 10.3 Å². The summed E-state index contributed by atoms with van der Waals surface area (Å²) in [5.41, 5.74) is 5.78. The van der Waals surface area contributed by atoms with Gasteiger partial charge >= 0.3 is 0 Å². The topological polar surface area (TPSA) is 91.5 Å². The minimum atomic E-state index is -0.252. The lowest BCUT2D eigenvalue weighted by atomic mass is 10.3. The van der Waals surface area contributed by atoms with Crippen LogP contribution in [-0.4, -0.2) is 42.7 Å². The summed E-state index contributed by atoms with van der Waals surface area (Å²) in [5.74, 6) is 0.484. The Hall–Kier alpha value is -1.66. The molecule has 1 aromatic heterocycles. The maximum absolute atomic E-state index is 11.0. The molecule has 0 bridgehead atoms. The predicted octanol–water partition coefficient (Wildman–Crippen LogP) is -0.593. The molecule has 88 valence electrons. The van der Waals surface area contributed by atoms with Crippen LogP contribution in [0.3, 0.4) is 0 Å². The molecule has 0 atom stereocenters. The van der Waals surface area contributed by atoms with Crippen molar-refractivity contribution < 1.29 is 9.90 Å². The molecule has 16 heavy (non-hydrogen) atoms. The smallest absolute Gasteiger partial charge is 0.238 e. The van der Waals surface area contributed by atoms with Gasteiger partial charge in [-0.3, -0.25) is 4.79 Å². The predicted molar refractivity (Wildman–Crippen MR) is 62.3 cm³/mol. The molecule has 0 aliphatic carbocycles. The van der Waals surface area contributed by atoms with Gasteiger partial charge in [0.15, 0.2) is 0 Å². The van der Waals surface area contributed by atoms with Gasteiger partial charge in [0.05, 0.1) is 25.0 Å². The number of aliphatic hydroxyl groups is 1. The van der Waals surface area contributed by atoms with Gasteiger partial charge in [0.25, 0.3) is 0 Å². The first kappa shape index (κ1) is 12.4. The molecule has 6 heteroatoms. The van der Waals surface area contributed by atoms with E-state index < -0.39 is 0 Å². The number of hydrogen-bond donors (Lipinski definition) is 3. The molecule has 0 saturated carbocycles. The highest BCUT2D eigenvalue weighted by Gasteiger charge is 2.03. The first-order chi connectivity index (χ1) is 7.67. The van der Waals surface area contributed by atoms with E-state index in [0.717, 1.165) is 5.82 Å². The summed E-state index contributed by atoms with van der Waals surface area (Å²) in [6.07, 6.45) is 1.55. The Morgan fingerprint density at radius 2 is 2.38 bits per heavy atom. The highest BCUT2D eigenvalue weighted by atomic mass is 16.3. The van der Waals surface area contributed by atoms with Crippen molar-refractivity contribution in [1.29, 1.82) is 0 Å². The number of nitrogens with one attached hydrogen (secondary N) is 1. The zero-order valence-corrected chi connectivity index (χ0v) is 9.18. The Labute approximate surface area is 94.1 Å². The van der Waals surface area contributed by atoms with Crippen LogP contribution in [0, 0.1) is 0 Å². The summed E-state index contributed by atoms with van der Waals surface area (Å²) >= 11 is 0. The van der Waals surface area contributed by atoms with E-state index in [1.165, 1.54) is 0 Å². The van der Waals surface area contributed by atoms with E-state index in [9.17, 15) is 4.79 Å². The van der Waals surface area contributed by atoms with Crippen molar-refractivity contribution in [3.05, 3.63) is 18.3 Å². The number of hydrogen-bond acceptors (Lipinski definition) is 5. The second kappa shape index (κ2) is 6.04. The van der Waals surface area contributed by atoms with Crippen LogP contribution in [0.4, 0.5) is 11.5 Å². The average molecular weight is 224 g/mol. The number of likely N-dealkylation sites (N-methyl/N-ethyl adjacent to an activating group) is 1. The maximum atomic E-state index is 11.0. The molecule has 0 saturated heterocycles. The number of carbonyl (C=O) groups is 1. The van der Waals surface area contributed by atoms with Gasteiger partial charge in [-0.05, 0) is 12.1 Å². The third kappa shape index (κ3) is 3.48. The first-order valence-corrected chi connectivity index (χ1v) is 4.95. The number of rotatable bonds is 5. The van der Waals surface area contributed by atoms with Gasteiger partial charge in [-0.25, -0.2) is 4.98 Å². The molecule has 0 unspecified atom stereocenters. The summed E-state index contributed by atoms with van der Waals surface area (Å²) in [7, 11) is 1.83. The Bertz CT molecular complexity index is 339. The monoisotopic (exact) mass is 224 g/mol. The molecule has 1 heterocycles. The van der Waals surface area contributed by atoms with Gasteiger partial charge < -0.3 is 21.1 Å². The van der Waals surface area contributed by atoms with Crippen molar-refractivity contribution in [2.45, 2.75) is 0 Å². The summed E-state index contributed by atoms with van der Waals surface area (Å²) in [5, 5.41) is 11.4. The largest absolute Gasteiger partial charge is 0.395 e. The molecule has 0 aliphatic heterocycles. The third-order valence-corrected chi connectivity index (χ3v) is 2.04. The fourth-order valence-corrected chi connectivity index (χ4v) is 1.16. The van der Waals surface area contributed by atoms with E-state index in [1.54, 1.807) is 18.3 Å². The summed E-state index contributed by atoms with van der Waals surface area (Å²) in [4.78, 5) is 17.0. The molecule has 0 fully saturated rings. The summed E-state index contributed by atoms with van der Waals surface area (Å²) in [6, 6.07) is 3.51. The second-order valence-corrected chi connectivity index (χ2v) is 3.30. The Morgan fingerprint density at radius 1 is 1.62 bits per heavy atom. The minimum Gasteiger partial charge on any atom is -0.395 e. The molecule has 0 radical (unpaired) electrons. The molecule has 0 spiro atoms. The summed E-state index contributed by atoms with van der Waals surface area (Å²) < 4.78 is 0. The van der Waals surface area contributed by atoms with Crippen LogP contribution in [0.5, 0.6) is 0 Å². The lowest BCUT2D eigenvalue weighted by Gasteiger charge is -2.16. The van der Waals surface area contributed by atoms with Crippen molar-refractivity contribution in [2.24, 2.45) is 5.73 Å². The SMILES string of the molecule is CN(CCO)c1ccc(NC(=O)CN)cn1. The molecule has 1 amide bonds. The van der Waals surface area contributed by atoms with Crippen LogP contribution < -0.4 is 16.0 Å². The molecule has 1 aromatic rings. The number of aliphatic hydroxyl groups excluding tert-OH is 1. The van der Waals surface area contributed by atoms with Gasteiger partial charge in [-0.2, -0.15) is 0 Å². The highest BCUT2D eigenvalue weighted by molar-refractivity contribution is 5.91. The van der Waals surface area contributed by atoms with Crippen LogP contribution >= 0.6 is 0 Å². The van der Waals surface area contributed by atoms with Crippen molar-refractivity contribution in [3.8, 4) is 0 Å². The Kier molecular flexibility index (Phi) is 4.68. The standard InChI is InChI=1S/C10H16N4O2/c1-14(4-5-15)9-3-2-8(7-12-9)13-10(16)6-11/h2-3,7,15H,4-6,11H2,1H3,(H,13,16). The summed E-state index contributed by atoms with van der Waals surface area (Å²) in [6.45, 7) is 0.539. The van der Waals surface area contributed by atoms with Gasteiger partial charge in [-0.15, -0.1) is 0 Å².